The van der Waals surface area contributed by atoms with Crippen LogP contribution in [0.25, 0.3) is 11.4 Å². The number of aryl methyl sites for hydroxylation is 3. The molecule has 0 radical (unpaired) electrons. The van der Waals surface area contributed by atoms with Crippen molar-refractivity contribution in [1.82, 2.24) is 29.9 Å². The van der Waals surface area contributed by atoms with Gasteiger partial charge in [-0.1, -0.05) is 12.1 Å². The first kappa shape index (κ1) is 21.7. The summed E-state index contributed by atoms with van der Waals surface area (Å²) >= 11 is 0. The number of rotatable bonds is 9. The van der Waals surface area contributed by atoms with Crippen molar-refractivity contribution in [3.63, 3.8) is 0 Å². The molecule has 0 bridgehead atoms. The summed E-state index contributed by atoms with van der Waals surface area (Å²) in [6, 6.07) is 5.48. The smallest absolute Gasteiger partial charge is 0.306 e. The van der Waals surface area contributed by atoms with Gasteiger partial charge >= 0.3 is 5.97 Å². The lowest BCUT2D eigenvalue weighted by Crippen LogP contribution is -2.36. The molecule has 168 valence electrons. The number of aliphatic carboxylic acids is 1. The molecule has 3 aromatic rings. The molecule has 2 atom stereocenters. The van der Waals surface area contributed by atoms with Crippen molar-refractivity contribution in [3.05, 3.63) is 41.6 Å². The highest BCUT2D eigenvalue weighted by Crippen LogP contribution is 2.35. The first-order chi connectivity index (χ1) is 15.5. The van der Waals surface area contributed by atoms with E-state index in [0.29, 0.717) is 41.7 Å². The highest BCUT2D eigenvalue weighted by atomic mass is 16.5. The van der Waals surface area contributed by atoms with Gasteiger partial charge in [-0.2, -0.15) is 0 Å². The van der Waals surface area contributed by atoms with Crippen LogP contribution in [0.15, 0.2) is 24.5 Å². The number of hydrogen-bond acceptors (Lipinski definition) is 8. The number of aromatic nitrogens is 6. The first-order valence-corrected chi connectivity index (χ1v) is 10.6. The molecular weight excluding hydrogens is 412 g/mol. The van der Waals surface area contributed by atoms with Crippen LogP contribution in [0.4, 0.5) is 0 Å². The van der Waals surface area contributed by atoms with E-state index in [1.807, 2.05) is 32.0 Å². The third kappa shape index (κ3) is 4.53. The molecule has 0 saturated heterocycles. The quantitative estimate of drug-likeness (QED) is 0.536. The average molecular weight is 438 g/mol. The lowest BCUT2D eigenvalue weighted by Gasteiger charge is -2.33. The minimum atomic E-state index is -0.750. The highest BCUT2D eigenvalue weighted by molar-refractivity contribution is 5.71. The van der Waals surface area contributed by atoms with Crippen LogP contribution < -0.4 is 9.47 Å². The summed E-state index contributed by atoms with van der Waals surface area (Å²) in [6.07, 6.45) is 3.87. The van der Waals surface area contributed by atoms with E-state index in [0.717, 1.165) is 24.2 Å². The van der Waals surface area contributed by atoms with Crippen molar-refractivity contribution >= 4 is 5.97 Å². The second-order valence-corrected chi connectivity index (χ2v) is 7.87. The molecule has 0 spiro atoms. The summed E-state index contributed by atoms with van der Waals surface area (Å²) < 4.78 is 13.4. The van der Waals surface area contributed by atoms with Gasteiger partial charge in [0.05, 0.1) is 23.9 Å². The molecule has 4 rings (SSSR count). The number of pyridine rings is 1. The van der Waals surface area contributed by atoms with Crippen molar-refractivity contribution in [2.24, 2.45) is 18.9 Å². The molecule has 3 heterocycles. The molecule has 1 aliphatic carbocycles. The topological polar surface area (TPSA) is 125 Å². The maximum atomic E-state index is 11.2. The Balaban J connectivity index is 1.45. The normalized spacial score (nSPS) is 17.6. The van der Waals surface area contributed by atoms with Crippen molar-refractivity contribution in [2.45, 2.75) is 39.7 Å². The fourth-order valence-corrected chi connectivity index (χ4v) is 3.65. The minimum absolute atomic E-state index is 0.0466. The van der Waals surface area contributed by atoms with Gasteiger partial charge in [0.2, 0.25) is 5.88 Å². The Hall–Kier alpha value is -3.56. The third-order valence-corrected chi connectivity index (χ3v) is 5.83. The van der Waals surface area contributed by atoms with Gasteiger partial charge in [0.1, 0.15) is 30.1 Å². The monoisotopic (exact) mass is 438 g/mol. The van der Waals surface area contributed by atoms with Crippen LogP contribution in [0.3, 0.4) is 0 Å². The van der Waals surface area contributed by atoms with E-state index < -0.39 is 5.97 Å². The van der Waals surface area contributed by atoms with Gasteiger partial charge in [0.25, 0.3) is 0 Å². The Morgan fingerprint density at radius 1 is 1.25 bits per heavy atom. The van der Waals surface area contributed by atoms with Crippen LogP contribution in [-0.4, -0.2) is 47.6 Å². The van der Waals surface area contributed by atoms with E-state index in [4.69, 9.17) is 9.47 Å². The molecule has 32 heavy (non-hydrogen) atoms. The molecule has 0 aromatic carbocycles. The van der Waals surface area contributed by atoms with E-state index in [9.17, 15) is 9.90 Å². The Labute approximate surface area is 185 Å². The fourth-order valence-electron chi connectivity index (χ4n) is 3.65. The fraction of sp³-hybridized carbons (Fsp3) is 0.455. The zero-order valence-electron chi connectivity index (χ0n) is 18.4. The molecule has 1 saturated carbocycles. The second kappa shape index (κ2) is 9.29. The standard InChI is InChI=1S/C22H26N6O4/c1-4-15-9-20(24-12-23-15)32-11-18-21(26-27-28(18)3)17-7-8-19(13(2)25-17)31-10-14-5-6-16(14)22(29)30/h7-9,12,14,16H,4-6,10-11H2,1-3H3,(H,29,30)/t14-,16+/m0/s1. The molecule has 1 N–H and O–H groups in total. The molecule has 10 nitrogen and oxygen atoms in total. The molecule has 3 aromatic heterocycles. The average Bonchev–Trinajstić information content (AvgIpc) is 3.12. The molecule has 0 amide bonds. The van der Waals surface area contributed by atoms with Crippen LogP contribution in [0.5, 0.6) is 11.6 Å². The Morgan fingerprint density at radius 2 is 2.09 bits per heavy atom. The van der Waals surface area contributed by atoms with Crippen LogP contribution in [0.2, 0.25) is 0 Å². The Morgan fingerprint density at radius 3 is 2.78 bits per heavy atom. The molecular formula is C22H26N6O4. The maximum Gasteiger partial charge on any atom is 0.306 e. The van der Waals surface area contributed by atoms with E-state index in [-0.39, 0.29) is 18.4 Å². The predicted molar refractivity (Wildman–Crippen MR) is 114 cm³/mol. The zero-order chi connectivity index (χ0) is 22.7. The van der Waals surface area contributed by atoms with Crippen LogP contribution in [-0.2, 0) is 24.9 Å². The summed E-state index contributed by atoms with van der Waals surface area (Å²) in [5, 5.41) is 17.6. The van der Waals surface area contributed by atoms with E-state index in [2.05, 4.69) is 25.3 Å². The van der Waals surface area contributed by atoms with Crippen LogP contribution >= 0.6 is 0 Å². The summed E-state index contributed by atoms with van der Waals surface area (Å²) in [5.74, 6) is 0.116. The molecule has 0 unspecified atom stereocenters. The molecule has 10 heteroatoms. The number of ether oxygens (including phenoxy) is 2. The van der Waals surface area contributed by atoms with Crippen molar-refractivity contribution < 1.29 is 19.4 Å². The van der Waals surface area contributed by atoms with E-state index in [1.165, 1.54) is 6.33 Å². The van der Waals surface area contributed by atoms with Crippen LogP contribution in [0.1, 0.15) is 36.8 Å². The summed E-state index contributed by atoms with van der Waals surface area (Å²) in [7, 11) is 1.80. The largest absolute Gasteiger partial charge is 0.491 e. The number of carboxylic acids is 1. The van der Waals surface area contributed by atoms with Gasteiger partial charge in [-0.05, 0) is 38.3 Å². The lowest BCUT2D eigenvalue weighted by molar-refractivity contribution is -0.148. The van der Waals surface area contributed by atoms with Gasteiger partial charge in [-0.25, -0.2) is 19.6 Å². The number of carbonyl (C=O) groups is 1. The van der Waals surface area contributed by atoms with Gasteiger partial charge in [0, 0.05) is 24.7 Å². The summed E-state index contributed by atoms with van der Waals surface area (Å²) in [6.45, 7) is 4.49. The molecule has 1 aliphatic rings. The van der Waals surface area contributed by atoms with Crippen LogP contribution in [0, 0.1) is 18.8 Å². The molecule has 0 aliphatic heterocycles. The number of carboxylic acid groups (broad SMARTS) is 1. The predicted octanol–water partition coefficient (Wildman–Crippen LogP) is 2.61. The summed E-state index contributed by atoms with van der Waals surface area (Å²) in [4.78, 5) is 24.2. The van der Waals surface area contributed by atoms with Gasteiger partial charge in [0.15, 0.2) is 0 Å². The Bertz CT molecular complexity index is 1120. The molecule has 1 fully saturated rings. The highest BCUT2D eigenvalue weighted by Gasteiger charge is 2.37. The van der Waals surface area contributed by atoms with Crippen molar-refractivity contribution in [3.8, 4) is 23.0 Å². The van der Waals surface area contributed by atoms with Crippen molar-refractivity contribution in [2.75, 3.05) is 6.61 Å². The van der Waals surface area contributed by atoms with Crippen molar-refractivity contribution in [1.29, 1.82) is 0 Å². The maximum absolute atomic E-state index is 11.2. The SMILES string of the molecule is CCc1cc(OCc2c(-c3ccc(OC[C@@H]4CC[C@H]4C(=O)O)c(C)n3)nnn2C)ncn1. The van der Waals surface area contributed by atoms with Gasteiger partial charge in [-0.15, -0.1) is 5.10 Å². The van der Waals surface area contributed by atoms with Gasteiger partial charge < -0.3 is 14.6 Å². The lowest BCUT2D eigenvalue weighted by atomic mass is 9.74. The minimum Gasteiger partial charge on any atom is -0.491 e. The Kier molecular flexibility index (Phi) is 6.29. The second-order valence-electron chi connectivity index (χ2n) is 7.87. The zero-order valence-corrected chi connectivity index (χ0v) is 18.4. The van der Waals surface area contributed by atoms with E-state index in [1.54, 1.807) is 11.7 Å². The third-order valence-electron chi connectivity index (χ3n) is 5.83. The first-order valence-electron chi connectivity index (χ1n) is 10.6. The summed E-state index contributed by atoms with van der Waals surface area (Å²) in [5.41, 5.74) is 3.65. The number of hydrogen-bond donors (Lipinski definition) is 1. The number of nitrogens with zero attached hydrogens (tertiary/aromatic N) is 6. The van der Waals surface area contributed by atoms with E-state index >= 15 is 0 Å². The van der Waals surface area contributed by atoms with Gasteiger partial charge in [-0.3, -0.25) is 4.79 Å².